The third-order valence-corrected chi connectivity index (χ3v) is 8.00. The molecule has 1 heterocycles. The number of benzene rings is 3. The van der Waals surface area contributed by atoms with Crippen LogP contribution < -0.4 is 0 Å². The standard InChI is InChI=1S/C27H27NO6S/c1-18-13-15-21(16-14-18)35(31,32)28-25(19(2)34-17-20-9-5-4-6-10-20)24(27(30)33-3)22-11-7-8-12-23(22)26(28)29/h4-16,19,24-25H,17H2,1-3H3/t19-,24-,25+/m0/s1. The number of ether oxygens (including phenoxy) is 2. The number of fused-ring (bicyclic) bond motifs is 1. The van der Waals surface area contributed by atoms with E-state index in [0.717, 1.165) is 15.4 Å². The van der Waals surface area contributed by atoms with E-state index in [-0.39, 0.29) is 17.1 Å². The molecule has 0 aromatic heterocycles. The van der Waals surface area contributed by atoms with E-state index in [1.165, 1.54) is 25.3 Å². The molecule has 35 heavy (non-hydrogen) atoms. The fourth-order valence-electron chi connectivity index (χ4n) is 4.39. The molecule has 0 fully saturated rings. The molecule has 0 saturated heterocycles. The molecule has 0 aliphatic carbocycles. The van der Waals surface area contributed by atoms with Crippen LogP contribution in [0.4, 0.5) is 0 Å². The van der Waals surface area contributed by atoms with E-state index in [4.69, 9.17) is 9.47 Å². The third-order valence-electron chi connectivity index (χ3n) is 6.21. The van der Waals surface area contributed by atoms with Crippen LogP contribution in [-0.2, 0) is 30.9 Å². The molecule has 0 unspecified atom stereocenters. The minimum absolute atomic E-state index is 0.0419. The highest BCUT2D eigenvalue weighted by Gasteiger charge is 2.51. The predicted molar refractivity (Wildman–Crippen MR) is 130 cm³/mol. The van der Waals surface area contributed by atoms with Gasteiger partial charge in [0.05, 0.1) is 30.8 Å². The summed E-state index contributed by atoms with van der Waals surface area (Å²) in [6, 6.07) is 21.0. The van der Waals surface area contributed by atoms with Crippen molar-refractivity contribution >= 4 is 21.9 Å². The Labute approximate surface area is 205 Å². The molecule has 7 nitrogen and oxygen atoms in total. The first-order valence-electron chi connectivity index (χ1n) is 11.2. The van der Waals surface area contributed by atoms with E-state index in [1.807, 2.05) is 37.3 Å². The van der Waals surface area contributed by atoms with Gasteiger partial charge in [-0.2, -0.15) is 0 Å². The van der Waals surface area contributed by atoms with Crippen molar-refractivity contribution < 1.29 is 27.5 Å². The fourth-order valence-corrected chi connectivity index (χ4v) is 6.02. The molecule has 0 saturated carbocycles. The topological polar surface area (TPSA) is 90.0 Å². The van der Waals surface area contributed by atoms with Crippen molar-refractivity contribution in [2.24, 2.45) is 0 Å². The maximum Gasteiger partial charge on any atom is 0.315 e. The van der Waals surface area contributed by atoms with Crippen molar-refractivity contribution in [1.29, 1.82) is 0 Å². The normalized spacial score (nSPS) is 18.6. The number of esters is 1. The Bertz CT molecular complexity index is 1320. The number of carbonyl (C=O) groups excluding carboxylic acids is 2. The van der Waals surface area contributed by atoms with E-state index in [1.54, 1.807) is 37.3 Å². The Morgan fingerprint density at radius 2 is 1.60 bits per heavy atom. The Morgan fingerprint density at radius 1 is 0.971 bits per heavy atom. The molecule has 1 amide bonds. The van der Waals surface area contributed by atoms with Crippen LogP contribution in [0.25, 0.3) is 0 Å². The van der Waals surface area contributed by atoms with Gasteiger partial charge in [-0.05, 0) is 43.2 Å². The molecule has 3 aromatic carbocycles. The van der Waals surface area contributed by atoms with E-state index in [2.05, 4.69) is 0 Å². The first-order valence-corrected chi connectivity index (χ1v) is 12.7. The van der Waals surface area contributed by atoms with Crippen LogP contribution in [-0.4, -0.2) is 43.9 Å². The first-order chi connectivity index (χ1) is 16.8. The minimum atomic E-state index is -4.33. The maximum absolute atomic E-state index is 13.9. The number of nitrogens with zero attached hydrogens (tertiary/aromatic N) is 1. The van der Waals surface area contributed by atoms with Gasteiger partial charge in [-0.1, -0.05) is 66.2 Å². The first kappa shape index (κ1) is 24.6. The Hall–Kier alpha value is -3.49. The molecule has 3 aromatic rings. The number of hydrogen-bond acceptors (Lipinski definition) is 6. The summed E-state index contributed by atoms with van der Waals surface area (Å²) < 4.78 is 39.7. The molecule has 0 radical (unpaired) electrons. The lowest BCUT2D eigenvalue weighted by Crippen LogP contribution is -2.57. The molecule has 0 spiro atoms. The average molecular weight is 494 g/mol. The number of amides is 1. The van der Waals surface area contributed by atoms with Crippen molar-refractivity contribution in [2.45, 2.75) is 43.4 Å². The highest BCUT2D eigenvalue weighted by Crippen LogP contribution is 2.39. The summed E-state index contributed by atoms with van der Waals surface area (Å²) in [7, 11) is -3.08. The van der Waals surface area contributed by atoms with E-state index in [0.29, 0.717) is 5.56 Å². The molecule has 0 bridgehead atoms. The summed E-state index contributed by atoms with van der Waals surface area (Å²) in [4.78, 5) is 26.7. The van der Waals surface area contributed by atoms with Crippen molar-refractivity contribution in [3.05, 3.63) is 101 Å². The number of methoxy groups -OCH3 is 1. The molecule has 1 aliphatic rings. The van der Waals surface area contributed by atoms with Crippen LogP contribution in [0.15, 0.2) is 83.8 Å². The van der Waals surface area contributed by atoms with Crippen LogP contribution >= 0.6 is 0 Å². The molecular weight excluding hydrogens is 466 g/mol. The Balaban J connectivity index is 1.84. The van der Waals surface area contributed by atoms with Crippen molar-refractivity contribution in [1.82, 2.24) is 4.31 Å². The number of carbonyl (C=O) groups is 2. The number of sulfonamides is 1. The third kappa shape index (κ3) is 4.72. The quantitative estimate of drug-likeness (QED) is 0.461. The second kappa shape index (κ2) is 10.0. The Morgan fingerprint density at radius 3 is 2.26 bits per heavy atom. The fraction of sp³-hybridized carbons (Fsp3) is 0.259. The van der Waals surface area contributed by atoms with E-state index in [9.17, 15) is 18.0 Å². The van der Waals surface area contributed by atoms with Gasteiger partial charge in [0, 0.05) is 5.56 Å². The molecule has 0 N–H and O–H groups in total. The van der Waals surface area contributed by atoms with E-state index < -0.39 is 40.0 Å². The predicted octanol–water partition coefficient (Wildman–Crippen LogP) is 4.07. The van der Waals surface area contributed by atoms with Crippen molar-refractivity contribution in [2.75, 3.05) is 7.11 Å². The van der Waals surface area contributed by atoms with Gasteiger partial charge in [0.2, 0.25) is 0 Å². The zero-order valence-corrected chi connectivity index (χ0v) is 20.6. The lowest BCUT2D eigenvalue weighted by atomic mass is 9.82. The van der Waals surface area contributed by atoms with Gasteiger partial charge in [-0.15, -0.1) is 0 Å². The minimum Gasteiger partial charge on any atom is -0.468 e. The van der Waals surface area contributed by atoms with Crippen molar-refractivity contribution in [3.8, 4) is 0 Å². The van der Waals surface area contributed by atoms with Crippen LogP contribution in [0.2, 0.25) is 0 Å². The summed E-state index contributed by atoms with van der Waals surface area (Å²) in [5, 5.41) is 0. The highest BCUT2D eigenvalue weighted by molar-refractivity contribution is 7.89. The van der Waals surface area contributed by atoms with Gasteiger partial charge < -0.3 is 9.47 Å². The van der Waals surface area contributed by atoms with Gasteiger partial charge in [0.1, 0.15) is 5.92 Å². The molecular formula is C27H27NO6S. The maximum atomic E-state index is 13.9. The smallest absolute Gasteiger partial charge is 0.315 e. The SMILES string of the molecule is COC(=O)[C@H]1c2ccccc2C(=O)N(S(=O)(=O)c2ccc(C)cc2)[C@@H]1[C@H](C)OCc1ccccc1. The van der Waals surface area contributed by atoms with Gasteiger partial charge in [0.15, 0.2) is 0 Å². The van der Waals surface area contributed by atoms with Crippen molar-refractivity contribution in [3.63, 3.8) is 0 Å². The van der Waals surface area contributed by atoms with Crippen LogP contribution in [0, 0.1) is 6.92 Å². The average Bonchev–Trinajstić information content (AvgIpc) is 2.87. The van der Waals surface area contributed by atoms with Gasteiger partial charge in [0.25, 0.3) is 15.9 Å². The van der Waals surface area contributed by atoms with Gasteiger partial charge in [-0.3, -0.25) is 9.59 Å². The van der Waals surface area contributed by atoms with Crippen LogP contribution in [0.5, 0.6) is 0 Å². The zero-order valence-electron chi connectivity index (χ0n) is 19.7. The number of rotatable bonds is 7. The lowest BCUT2D eigenvalue weighted by molar-refractivity contribution is -0.145. The highest BCUT2D eigenvalue weighted by atomic mass is 32.2. The summed E-state index contributed by atoms with van der Waals surface area (Å²) in [5.74, 6) is -2.41. The summed E-state index contributed by atoms with van der Waals surface area (Å²) in [6.45, 7) is 3.69. The number of hydrogen-bond donors (Lipinski definition) is 0. The largest absolute Gasteiger partial charge is 0.468 e. The second-order valence-corrected chi connectivity index (χ2v) is 10.3. The molecule has 1 aliphatic heterocycles. The lowest BCUT2D eigenvalue weighted by Gasteiger charge is -2.42. The molecule has 182 valence electrons. The molecule has 8 heteroatoms. The number of aryl methyl sites for hydroxylation is 1. The molecule has 4 rings (SSSR count). The van der Waals surface area contributed by atoms with Crippen LogP contribution in [0.3, 0.4) is 0 Å². The second-order valence-electron chi connectivity index (χ2n) is 8.50. The molecule has 3 atom stereocenters. The zero-order chi connectivity index (χ0) is 25.2. The monoisotopic (exact) mass is 493 g/mol. The Kier molecular flexibility index (Phi) is 7.05. The van der Waals surface area contributed by atoms with Crippen LogP contribution in [0.1, 0.15) is 39.9 Å². The summed E-state index contributed by atoms with van der Waals surface area (Å²) in [6.07, 6.45) is -0.822. The summed E-state index contributed by atoms with van der Waals surface area (Å²) in [5.41, 5.74) is 2.32. The van der Waals surface area contributed by atoms with Gasteiger partial charge >= 0.3 is 5.97 Å². The van der Waals surface area contributed by atoms with E-state index >= 15 is 0 Å². The summed E-state index contributed by atoms with van der Waals surface area (Å²) >= 11 is 0. The van der Waals surface area contributed by atoms with Gasteiger partial charge in [-0.25, -0.2) is 12.7 Å².